The van der Waals surface area contributed by atoms with Gasteiger partial charge in [0.05, 0.1) is 11.0 Å². The molecule has 5 heteroatoms. The Morgan fingerprint density at radius 3 is 2.73 bits per heavy atom. The molecule has 84 valence electrons. The van der Waals surface area contributed by atoms with E-state index in [0.717, 1.165) is 30.8 Å². The Labute approximate surface area is 96.3 Å². The molecule has 0 spiro atoms. The maximum atomic E-state index is 12.1. The van der Waals surface area contributed by atoms with E-state index in [1.54, 1.807) is 11.3 Å². The van der Waals surface area contributed by atoms with Crippen molar-refractivity contribution in [3.05, 3.63) is 16.3 Å². The average molecular weight is 245 g/mol. The number of aryl methyl sites for hydroxylation is 1. The van der Waals surface area contributed by atoms with Gasteiger partial charge in [-0.2, -0.15) is 0 Å². The van der Waals surface area contributed by atoms with Gasteiger partial charge in [-0.1, -0.05) is 0 Å². The Bertz CT molecular complexity index is 356. The lowest BCUT2D eigenvalue weighted by Gasteiger charge is -2.27. The number of piperidine rings is 1. The van der Waals surface area contributed by atoms with Crippen molar-refractivity contribution in [2.24, 2.45) is 0 Å². The average Bonchev–Trinajstić information content (AvgIpc) is 2.65. The highest BCUT2D eigenvalue weighted by Gasteiger charge is 2.22. The van der Waals surface area contributed by atoms with Crippen molar-refractivity contribution < 1.29 is 9.32 Å². The number of aliphatic hydroxyl groups excluding tert-OH is 1. The topological polar surface area (TPSA) is 40.5 Å². The van der Waals surface area contributed by atoms with Crippen LogP contribution >= 0.6 is 11.3 Å². The molecule has 0 aromatic carbocycles. The second kappa shape index (κ2) is 4.74. The fraction of sp³-hybridized carbons (Fsp3) is 0.600. The minimum Gasteiger partial charge on any atom is -0.393 e. The smallest absolute Gasteiger partial charge is 0.128 e. The Kier molecular flexibility index (Phi) is 3.56. The fourth-order valence-corrected chi connectivity index (χ4v) is 3.90. The van der Waals surface area contributed by atoms with E-state index in [-0.39, 0.29) is 6.10 Å². The standard InChI is InChI=1S/C10H15NO2S2/c1-8-6-10(7-14-8)15(13)11-4-2-9(12)3-5-11/h6-7,9,12H,2-5H2,1H3. The van der Waals surface area contributed by atoms with Crippen LogP contribution in [-0.4, -0.2) is 32.8 Å². The second-order valence-corrected chi connectivity index (χ2v) is 6.40. The van der Waals surface area contributed by atoms with Crippen LogP contribution in [0.2, 0.25) is 0 Å². The third-order valence-corrected chi connectivity index (χ3v) is 5.05. The summed E-state index contributed by atoms with van der Waals surface area (Å²) < 4.78 is 14.0. The molecule has 1 fully saturated rings. The SMILES string of the molecule is Cc1cc(S(=O)N2CCC(O)CC2)cs1. The van der Waals surface area contributed by atoms with Crippen LogP contribution in [0, 0.1) is 6.92 Å². The summed E-state index contributed by atoms with van der Waals surface area (Å²) in [5, 5.41) is 11.3. The van der Waals surface area contributed by atoms with Crippen molar-refractivity contribution in [2.75, 3.05) is 13.1 Å². The van der Waals surface area contributed by atoms with Gasteiger partial charge in [0.1, 0.15) is 11.0 Å². The van der Waals surface area contributed by atoms with E-state index in [2.05, 4.69) is 0 Å². The molecule has 15 heavy (non-hydrogen) atoms. The van der Waals surface area contributed by atoms with E-state index in [9.17, 15) is 9.32 Å². The van der Waals surface area contributed by atoms with Gasteiger partial charge >= 0.3 is 0 Å². The molecule has 3 nitrogen and oxygen atoms in total. The lowest BCUT2D eigenvalue weighted by Crippen LogP contribution is -2.36. The van der Waals surface area contributed by atoms with E-state index in [4.69, 9.17) is 0 Å². The summed E-state index contributed by atoms with van der Waals surface area (Å²) >= 11 is 1.63. The molecule has 0 radical (unpaired) electrons. The third-order valence-electron chi connectivity index (χ3n) is 2.57. The number of nitrogens with zero attached hydrogens (tertiary/aromatic N) is 1. The van der Waals surface area contributed by atoms with Crippen LogP contribution in [0.5, 0.6) is 0 Å². The van der Waals surface area contributed by atoms with Gasteiger partial charge in [-0.25, -0.2) is 8.51 Å². The lowest BCUT2D eigenvalue weighted by molar-refractivity contribution is 0.114. The summed E-state index contributed by atoms with van der Waals surface area (Å²) in [6, 6.07) is 1.98. The highest BCUT2D eigenvalue weighted by Crippen LogP contribution is 2.21. The maximum absolute atomic E-state index is 12.1. The molecule has 0 saturated carbocycles. The molecule has 2 heterocycles. The first-order valence-electron chi connectivity index (χ1n) is 5.07. The van der Waals surface area contributed by atoms with Crippen LogP contribution in [0.4, 0.5) is 0 Å². The van der Waals surface area contributed by atoms with Gasteiger partial charge in [-0.15, -0.1) is 11.3 Å². The molecule has 2 rings (SSSR count). The number of hydrogen-bond donors (Lipinski definition) is 1. The van der Waals surface area contributed by atoms with Crippen molar-refractivity contribution in [3.8, 4) is 0 Å². The molecule has 1 aromatic rings. The van der Waals surface area contributed by atoms with E-state index in [1.807, 2.05) is 22.7 Å². The van der Waals surface area contributed by atoms with Crippen molar-refractivity contribution in [1.82, 2.24) is 4.31 Å². The number of thiophene rings is 1. The summed E-state index contributed by atoms with van der Waals surface area (Å²) in [5.41, 5.74) is 0. The zero-order chi connectivity index (χ0) is 10.8. The maximum Gasteiger partial charge on any atom is 0.128 e. The molecule has 0 aliphatic carbocycles. The monoisotopic (exact) mass is 245 g/mol. The number of aliphatic hydroxyl groups is 1. The predicted molar refractivity (Wildman–Crippen MR) is 62.3 cm³/mol. The summed E-state index contributed by atoms with van der Waals surface area (Å²) in [7, 11) is -1.03. The van der Waals surface area contributed by atoms with Gasteiger partial charge < -0.3 is 5.11 Å². The zero-order valence-electron chi connectivity index (χ0n) is 8.68. The molecule has 0 amide bonds. The first-order valence-corrected chi connectivity index (χ1v) is 7.05. The molecule has 1 N–H and O–H groups in total. The largest absolute Gasteiger partial charge is 0.393 e. The summed E-state index contributed by atoms with van der Waals surface area (Å²) in [6.07, 6.45) is 1.26. The second-order valence-electron chi connectivity index (χ2n) is 3.80. The van der Waals surface area contributed by atoms with Crippen LogP contribution in [0.15, 0.2) is 16.3 Å². The van der Waals surface area contributed by atoms with Gasteiger partial charge in [-0.05, 0) is 25.8 Å². The van der Waals surface area contributed by atoms with E-state index < -0.39 is 11.0 Å². The van der Waals surface area contributed by atoms with Gasteiger partial charge in [-0.3, -0.25) is 0 Å². The molecule has 0 bridgehead atoms. The molecule has 1 unspecified atom stereocenters. The predicted octanol–water partition coefficient (Wildman–Crippen LogP) is 1.54. The minimum atomic E-state index is -1.03. The van der Waals surface area contributed by atoms with Crippen LogP contribution in [0.1, 0.15) is 17.7 Å². The summed E-state index contributed by atoms with van der Waals surface area (Å²) in [6.45, 7) is 3.47. The Morgan fingerprint density at radius 1 is 1.53 bits per heavy atom. The summed E-state index contributed by atoms with van der Waals surface area (Å²) in [4.78, 5) is 2.09. The van der Waals surface area contributed by atoms with Gasteiger partial charge in [0.15, 0.2) is 0 Å². The van der Waals surface area contributed by atoms with Gasteiger partial charge in [0, 0.05) is 23.3 Å². The van der Waals surface area contributed by atoms with Crippen LogP contribution in [0.3, 0.4) is 0 Å². The van der Waals surface area contributed by atoms with Crippen molar-refractivity contribution >= 4 is 22.3 Å². The molecule has 1 aliphatic heterocycles. The van der Waals surface area contributed by atoms with Gasteiger partial charge in [0.2, 0.25) is 0 Å². The quantitative estimate of drug-likeness (QED) is 0.858. The minimum absolute atomic E-state index is 0.206. The first-order chi connectivity index (χ1) is 7.16. The molecule has 1 aliphatic rings. The third kappa shape index (κ3) is 2.66. The number of hydrogen-bond acceptors (Lipinski definition) is 3. The Balaban J connectivity index is 2.02. The highest BCUT2D eigenvalue weighted by atomic mass is 32.2. The van der Waals surface area contributed by atoms with E-state index in [1.165, 1.54) is 4.88 Å². The van der Waals surface area contributed by atoms with E-state index >= 15 is 0 Å². The molecule has 1 saturated heterocycles. The lowest BCUT2D eigenvalue weighted by atomic mass is 10.1. The van der Waals surface area contributed by atoms with Crippen LogP contribution < -0.4 is 0 Å². The fourth-order valence-electron chi connectivity index (χ4n) is 1.67. The van der Waals surface area contributed by atoms with E-state index in [0.29, 0.717) is 0 Å². The zero-order valence-corrected chi connectivity index (χ0v) is 10.3. The number of rotatable bonds is 2. The normalized spacial score (nSPS) is 21.7. The molecular formula is C10H15NO2S2. The van der Waals surface area contributed by atoms with Crippen molar-refractivity contribution in [3.63, 3.8) is 0 Å². The van der Waals surface area contributed by atoms with Crippen LogP contribution in [0.25, 0.3) is 0 Å². The first kappa shape index (κ1) is 11.3. The molecular weight excluding hydrogens is 230 g/mol. The highest BCUT2D eigenvalue weighted by molar-refractivity contribution is 7.82. The molecule has 1 aromatic heterocycles. The molecule has 1 atom stereocenters. The summed E-state index contributed by atoms with van der Waals surface area (Å²) in [5.74, 6) is 0. The van der Waals surface area contributed by atoms with Gasteiger partial charge in [0.25, 0.3) is 0 Å². The Morgan fingerprint density at radius 2 is 2.20 bits per heavy atom. The van der Waals surface area contributed by atoms with Crippen molar-refractivity contribution in [1.29, 1.82) is 0 Å². The van der Waals surface area contributed by atoms with Crippen molar-refractivity contribution in [2.45, 2.75) is 30.8 Å². The Hall–Kier alpha value is -0.230. The van der Waals surface area contributed by atoms with Crippen LogP contribution in [-0.2, 0) is 11.0 Å².